The Balaban J connectivity index is 3.23. The summed E-state index contributed by atoms with van der Waals surface area (Å²) in [6, 6.07) is 2.22. The van der Waals surface area contributed by atoms with Crippen LogP contribution in [-0.2, 0) is 0 Å². The minimum absolute atomic E-state index is 0.104. The third-order valence-electron chi connectivity index (χ3n) is 2.03. The lowest BCUT2D eigenvalue weighted by atomic mass is 10.2. The van der Waals surface area contributed by atoms with Gasteiger partial charge in [-0.15, -0.1) is 11.8 Å². The molecule has 0 amide bonds. The van der Waals surface area contributed by atoms with E-state index in [1.165, 1.54) is 17.8 Å². The van der Waals surface area contributed by atoms with Crippen LogP contribution in [0.2, 0.25) is 5.02 Å². The fourth-order valence-corrected chi connectivity index (χ4v) is 2.62. The molecule has 0 saturated heterocycles. The van der Waals surface area contributed by atoms with Crippen LogP contribution in [0.5, 0.6) is 0 Å². The van der Waals surface area contributed by atoms with Gasteiger partial charge in [0, 0.05) is 22.8 Å². The third kappa shape index (κ3) is 3.61. The monoisotopic (exact) mass is 289 g/mol. The van der Waals surface area contributed by atoms with Crippen molar-refractivity contribution in [3.05, 3.63) is 32.8 Å². The van der Waals surface area contributed by atoms with Crippen molar-refractivity contribution in [2.75, 3.05) is 5.75 Å². The molecule has 0 saturated carbocycles. The molecule has 0 fully saturated rings. The molecule has 0 aromatic heterocycles. The zero-order valence-corrected chi connectivity index (χ0v) is 11.4. The standard InChI is InChI=1S/C11H12ClNO4S/c1-6(2)5-18-10-8(11(14)15)3-7(13(16)17)4-9(10)12/h3-4,6H,5H2,1-2H3,(H,14,15). The molecule has 0 aliphatic heterocycles. The van der Waals surface area contributed by atoms with Gasteiger partial charge in [-0.1, -0.05) is 25.4 Å². The molecule has 0 atom stereocenters. The normalized spacial score (nSPS) is 10.7. The molecular weight excluding hydrogens is 278 g/mol. The van der Waals surface area contributed by atoms with Crippen LogP contribution in [0.15, 0.2) is 17.0 Å². The van der Waals surface area contributed by atoms with Crippen molar-refractivity contribution in [1.82, 2.24) is 0 Å². The summed E-state index contributed by atoms with van der Waals surface area (Å²) in [5.41, 5.74) is -0.439. The first-order valence-electron chi connectivity index (χ1n) is 5.17. The molecule has 1 rings (SSSR count). The van der Waals surface area contributed by atoms with E-state index in [-0.39, 0.29) is 16.3 Å². The Morgan fingerprint density at radius 3 is 2.61 bits per heavy atom. The van der Waals surface area contributed by atoms with Gasteiger partial charge >= 0.3 is 5.97 Å². The molecule has 1 aromatic carbocycles. The second kappa shape index (κ2) is 6.06. The first-order chi connectivity index (χ1) is 8.32. The zero-order chi connectivity index (χ0) is 13.9. The van der Waals surface area contributed by atoms with E-state index in [0.29, 0.717) is 16.6 Å². The maximum absolute atomic E-state index is 11.1. The van der Waals surface area contributed by atoms with Gasteiger partial charge in [-0.2, -0.15) is 0 Å². The summed E-state index contributed by atoms with van der Waals surface area (Å²) in [5.74, 6) is -0.160. The van der Waals surface area contributed by atoms with Gasteiger partial charge in [-0.3, -0.25) is 10.1 Å². The lowest BCUT2D eigenvalue weighted by Crippen LogP contribution is -2.03. The summed E-state index contributed by atoms with van der Waals surface area (Å²) in [5, 5.41) is 19.8. The topological polar surface area (TPSA) is 80.4 Å². The lowest BCUT2D eigenvalue weighted by molar-refractivity contribution is -0.384. The van der Waals surface area contributed by atoms with Gasteiger partial charge in [0.15, 0.2) is 0 Å². The first kappa shape index (κ1) is 14.8. The van der Waals surface area contributed by atoms with Crippen molar-refractivity contribution >= 4 is 35.0 Å². The molecule has 0 bridgehead atoms. The summed E-state index contributed by atoms with van der Waals surface area (Å²) in [4.78, 5) is 21.5. The number of thioether (sulfide) groups is 1. The van der Waals surface area contributed by atoms with Gasteiger partial charge in [0.05, 0.1) is 15.5 Å². The van der Waals surface area contributed by atoms with Crippen LogP contribution in [0.4, 0.5) is 5.69 Å². The van der Waals surface area contributed by atoms with Gasteiger partial charge in [0.1, 0.15) is 0 Å². The van der Waals surface area contributed by atoms with Crippen LogP contribution < -0.4 is 0 Å². The number of halogens is 1. The highest BCUT2D eigenvalue weighted by Crippen LogP contribution is 2.35. The zero-order valence-electron chi connectivity index (χ0n) is 9.84. The highest BCUT2D eigenvalue weighted by molar-refractivity contribution is 7.99. The number of carboxylic acid groups (broad SMARTS) is 1. The van der Waals surface area contributed by atoms with Gasteiger partial charge < -0.3 is 5.11 Å². The molecule has 18 heavy (non-hydrogen) atoms. The van der Waals surface area contributed by atoms with E-state index in [4.69, 9.17) is 16.7 Å². The number of carbonyl (C=O) groups is 1. The molecule has 5 nitrogen and oxygen atoms in total. The minimum atomic E-state index is -1.22. The highest BCUT2D eigenvalue weighted by atomic mass is 35.5. The summed E-state index contributed by atoms with van der Waals surface area (Å²) in [6.07, 6.45) is 0. The second-order valence-corrected chi connectivity index (χ2v) is 5.51. The number of hydrogen-bond donors (Lipinski definition) is 1. The van der Waals surface area contributed by atoms with E-state index in [1.807, 2.05) is 13.8 Å². The van der Waals surface area contributed by atoms with E-state index in [0.717, 1.165) is 6.07 Å². The van der Waals surface area contributed by atoms with E-state index in [9.17, 15) is 14.9 Å². The van der Waals surface area contributed by atoms with Crippen molar-refractivity contribution < 1.29 is 14.8 Å². The lowest BCUT2D eigenvalue weighted by Gasteiger charge is -2.09. The molecule has 0 aliphatic rings. The molecule has 0 aliphatic carbocycles. The molecule has 0 heterocycles. The van der Waals surface area contributed by atoms with Crippen LogP contribution in [0.3, 0.4) is 0 Å². The molecule has 98 valence electrons. The van der Waals surface area contributed by atoms with Crippen LogP contribution in [-0.4, -0.2) is 21.8 Å². The smallest absolute Gasteiger partial charge is 0.337 e. The Morgan fingerprint density at radius 2 is 2.17 bits per heavy atom. The number of nitrogens with zero attached hydrogens (tertiary/aromatic N) is 1. The number of aromatic carboxylic acids is 1. The quantitative estimate of drug-likeness (QED) is 0.508. The summed E-state index contributed by atoms with van der Waals surface area (Å²) < 4.78 is 0. The molecule has 0 spiro atoms. The van der Waals surface area contributed by atoms with Crippen molar-refractivity contribution in [3.8, 4) is 0 Å². The summed E-state index contributed by atoms with van der Waals surface area (Å²) in [6.45, 7) is 3.99. The van der Waals surface area contributed by atoms with Crippen LogP contribution >= 0.6 is 23.4 Å². The van der Waals surface area contributed by atoms with Gasteiger partial charge in [-0.05, 0) is 5.92 Å². The number of hydrogen-bond acceptors (Lipinski definition) is 4. The van der Waals surface area contributed by atoms with Crippen molar-refractivity contribution in [3.63, 3.8) is 0 Å². The fourth-order valence-electron chi connectivity index (χ4n) is 1.24. The number of rotatable bonds is 5. The van der Waals surface area contributed by atoms with Crippen LogP contribution in [0.1, 0.15) is 24.2 Å². The average Bonchev–Trinajstić information content (AvgIpc) is 2.25. The predicted molar refractivity (Wildman–Crippen MR) is 70.6 cm³/mol. The summed E-state index contributed by atoms with van der Waals surface area (Å²) >= 11 is 7.21. The largest absolute Gasteiger partial charge is 0.478 e. The molecule has 1 N–H and O–H groups in total. The predicted octanol–water partition coefficient (Wildman–Crippen LogP) is 3.69. The van der Waals surface area contributed by atoms with E-state index in [1.54, 1.807) is 0 Å². The van der Waals surface area contributed by atoms with Crippen molar-refractivity contribution in [2.24, 2.45) is 5.92 Å². The highest BCUT2D eigenvalue weighted by Gasteiger charge is 2.20. The van der Waals surface area contributed by atoms with E-state index in [2.05, 4.69) is 0 Å². The minimum Gasteiger partial charge on any atom is -0.478 e. The fraction of sp³-hybridized carbons (Fsp3) is 0.364. The van der Waals surface area contributed by atoms with Crippen molar-refractivity contribution in [2.45, 2.75) is 18.7 Å². The maximum Gasteiger partial charge on any atom is 0.337 e. The molecule has 0 radical (unpaired) electrons. The Kier molecular flexibility index (Phi) is 4.98. The van der Waals surface area contributed by atoms with Crippen molar-refractivity contribution in [1.29, 1.82) is 0 Å². The number of carboxylic acids is 1. The Morgan fingerprint density at radius 1 is 1.56 bits per heavy atom. The SMILES string of the molecule is CC(C)CSc1c(Cl)cc([N+](=O)[O-])cc1C(=O)O. The summed E-state index contributed by atoms with van der Waals surface area (Å²) in [7, 11) is 0. The van der Waals surface area contributed by atoms with E-state index < -0.39 is 10.9 Å². The number of nitro groups is 1. The number of nitro benzene ring substituents is 1. The number of non-ortho nitro benzene ring substituents is 1. The van der Waals surface area contributed by atoms with Crippen LogP contribution in [0, 0.1) is 16.0 Å². The third-order valence-corrected chi connectivity index (χ3v) is 4.00. The first-order valence-corrected chi connectivity index (χ1v) is 6.53. The second-order valence-electron chi connectivity index (χ2n) is 4.07. The van der Waals surface area contributed by atoms with Gasteiger partial charge in [0.25, 0.3) is 5.69 Å². The maximum atomic E-state index is 11.1. The Labute approximate surface area is 113 Å². The Hall–Kier alpha value is -1.27. The molecular formula is C11H12ClNO4S. The molecule has 0 unspecified atom stereocenters. The number of benzene rings is 1. The van der Waals surface area contributed by atoms with Gasteiger partial charge in [-0.25, -0.2) is 4.79 Å². The van der Waals surface area contributed by atoms with E-state index >= 15 is 0 Å². The Bertz CT molecular complexity index is 490. The van der Waals surface area contributed by atoms with Crippen LogP contribution in [0.25, 0.3) is 0 Å². The molecule has 7 heteroatoms. The van der Waals surface area contributed by atoms with Gasteiger partial charge in [0.2, 0.25) is 0 Å². The molecule has 1 aromatic rings. The average molecular weight is 290 g/mol.